The number of benzene rings is 2. The summed E-state index contributed by atoms with van der Waals surface area (Å²) in [6.45, 7) is 11.9. The zero-order chi connectivity index (χ0) is 21.0. The third-order valence-electron chi connectivity index (χ3n) is 6.05. The molecule has 0 bridgehead atoms. The highest BCUT2D eigenvalue weighted by Gasteiger charge is 2.25. The van der Waals surface area contributed by atoms with Crippen molar-refractivity contribution >= 4 is 28.1 Å². The zero-order valence-electron chi connectivity index (χ0n) is 18.6. The minimum atomic E-state index is 0.382. The number of nitrogens with zero attached hydrogens (tertiary/aromatic N) is 1. The summed E-state index contributed by atoms with van der Waals surface area (Å²) < 4.78 is 0. The second-order valence-corrected chi connectivity index (χ2v) is 8.79. The van der Waals surface area contributed by atoms with Gasteiger partial charge in [0.25, 0.3) is 0 Å². The topological polar surface area (TPSA) is 12.4 Å². The number of halogens is 1. The van der Waals surface area contributed by atoms with E-state index in [1.165, 1.54) is 57.9 Å². The van der Waals surface area contributed by atoms with E-state index < -0.39 is 0 Å². The van der Waals surface area contributed by atoms with Crippen LogP contribution in [0.2, 0.25) is 0 Å². The molecule has 1 nitrogen and oxygen atoms in total. The predicted molar refractivity (Wildman–Crippen MR) is 129 cm³/mol. The van der Waals surface area contributed by atoms with Crippen molar-refractivity contribution in [2.24, 2.45) is 10.9 Å². The number of hydrogen-bond acceptors (Lipinski definition) is 1. The molecular formula is C27H34ClN. The van der Waals surface area contributed by atoms with Gasteiger partial charge in [0.05, 0.1) is 5.71 Å². The average Bonchev–Trinajstić information content (AvgIpc) is 2.68. The Balaban J connectivity index is 2.25. The van der Waals surface area contributed by atoms with Crippen molar-refractivity contribution in [3.05, 3.63) is 69.3 Å². The van der Waals surface area contributed by atoms with Crippen molar-refractivity contribution in [2.75, 3.05) is 6.54 Å². The van der Waals surface area contributed by atoms with Crippen LogP contribution in [0.1, 0.15) is 70.1 Å². The van der Waals surface area contributed by atoms with Crippen molar-refractivity contribution in [3.63, 3.8) is 0 Å². The van der Waals surface area contributed by atoms with Gasteiger partial charge in [-0.15, -0.1) is 0 Å². The third-order valence-corrected chi connectivity index (χ3v) is 6.36. The average molecular weight is 408 g/mol. The molecule has 1 aliphatic rings. The molecule has 0 aliphatic heterocycles. The molecule has 29 heavy (non-hydrogen) atoms. The Morgan fingerprint density at radius 3 is 2.59 bits per heavy atom. The maximum absolute atomic E-state index is 6.81. The number of fused-ring (bicyclic) bond motifs is 1. The summed E-state index contributed by atoms with van der Waals surface area (Å²) >= 11 is 6.81. The third kappa shape index (κ3) is 4.67. The van der Waals surface area contributed by atoms with E-state index in [4.69, 9.17) is 16.6 Å². The molecule has 0 fully saturated rings. The summed E-state index contributed by atoms with van der Waals surface area (Å²) in [5.41, 5.74) is 7.79. The molecule has 154 valence electrons. The van der Waals surface area contributed by atoms with E-state index in [0.717, 1.165) is 30.1 Å². The lowest BCUT2D eigenvalue weighted by molar-refractivity contribution is 0.682. The fourth-order valence-corrected chi connectivity index (χ4v) is 5.11. The smallest absolute Gasteiger partial charge is 0.0699 e. The van der Waals surface area contributed by atoms with E-state index in [2.05, 4.69) is 71.0 Å². The van der Waals surface area contributed by atoms with Gasteiger partial charge in [0, 0.05) is 17.1 Å². The largest absolute Gasteiger partial charge is 0.285 e. The maximum atomic E-state index is 6.81. The zero-order valence-corrected chi connectivity index (χ0v) is 19.4. The molecule has 0 aromatic heterocycles. The molecule has 0 amide bonds. The van der Waals surface area contributed by atoms with Gasteiger partial charge in [-0.3, -0.25) is 4.99 Å². The van der Waals surface area contributed by atoms with Crippen LogP contribution >= 0.6 is 11.6 Å². The summed E-state index contributed by atoms with van der Waals surface area (Å²) in [5, 5.41) is 3.50. The Hall–Kier alpha value is -1.86. The monoisotopic (exact) mass is 407 g/mol. The number of aryl methyl sites for hydroxylation is 1. The molecule has 2 aromatic rings. The first-order valence-electron chi connectivity index (χ1n) is 11.1. The van der Waals surface area contributed by atoms with Gasteiger partial charge in [0.2, 0.25) is 0 Å². The quantitative estimate of drug-likeness (QED) is 0.324. The summed E-state index contributed by atoms with van der Waals surface area (Å²) in [4.78, 5) is 5.03. The standard InChI is InChI=1S/C27H34ClN/c1-6-8-9-14-23-20(5)22-13-11-10-12-21(22)17-24(23)27(29-7-2)26-19(4)15-18(3)16-25(26)28/h10-13,16-17,19H,6-9,14-15H2,1-5H3. The Labute approximate surface area is 181 Å². The lowest BCUT2D eigenvalue weighted by atomic mass is 9.81. The highest BCUT2D eigenvalue weighted by molar-refractivity contribution is 6.35. The van der Waals surface area contributed by atoms with Gasteiger partial charge in [0.1, 0.15) is 0 Å². The molecule has 2 aromatic carbocycles. The van der Waals surface area contributed by atoms with Gasteiger partial charge in [0.15, 0.2) is 0 Å². The normalized spacial score (nSPS) is 17.8. The van der Waals surface area contributed by atoms with E-state index in [-0.39, 0.29) is 0 Å². The lowest BCUT2D eigenvalue weighted by Gasteiger charge is -2.26. The molecule has 3 rings (SSSR count). The number of unbranched alkanes of at least 4 members (excludes halogenated alkanes) is 2. The second kappa shape index (κ2) is 9.76. The Bertz CT molecular complexity index is 977. The second-order valence-electron chi connectivity index (χ2n) is 8.39. The molecular weight excluding hydrogens is 374 g/mol. The fraction of sp³-hybridized carbons (Fsp3) is 0.444. The van der Waals surface area contributed by atoms with Crippen LogP contribution < -0.4 is 0 Å². The highest BCUT2D eigenvalue weighted by Crippen LogP contribution is 2.36. The Kier molecular flexibility index (Phi) is 7.35. The summed E-state index contributed by atoms with van der Waals surface area (Å²) in [5.74, 6) is 0.382. The molecule has 0 spiro atoms. The van der Waals surface area contributed by atoms with Crippen LogP contribution in [0.4, 0.5) is 0 Å². The van der Waals surface area contributed by atoms with Crippen LogP contribution in [0, 0.1) is 12.8 Å². The molecule has 0 saturated carbocycles. The van der Waals surface area contributed by atoms with Crippen LogP contribution in [0.5, 0.6) is 0 Å². The summed E-state index contributed by atoms with van der Waals surface area (Å²) in [7, 11) is 0. The minimum Gasteiger partial charge on any atom is -0.285 e. The fourth-order valence-electron chi connectivity index (χ4n) is 4.65. The van der Waals surface area contributed by atoms with Crippen LogP contribution in [0.25, 0.3) is 10.8 Å². The van der Waals surface area contributed by atoms with Crippen molar-refractivity contribution in [2.45, 2.75) is 66.7 Å². The lowest BCUT2D eigenvalue weighted by Crippen LogP contribution is -2.19. The molecule has 1 unspecified atom stereocenters. The molecule has 2 heteroatoms. The van der Waals surface area contributed by atoms with Gasteiger partial charge in [-0.2, -0.15) is 0 Å². The van der Waals surface area contributed by atoms with Crippen molar-refractivity contribution in [1.29, 1.82) is 0 Å². The molecule has 0 radical (unpaired) electrons. The van der Waals surface area contributed by atoms with Crippen LogP contribution in [-0.4, -0.2) is 12.3 Å². The van der Waals surface area contributed by atoms with Crippen molar-refractivity contribution < 1.29 is 0 Å². The van der Waals surface area contributed by atoms with Gasteiger partial charge >= 0.3 is 0 Å². The van der Waals surface area contributed by atoms with E-state index in [9.17, 15) is 0 Å². The highest BCUT2D eigenvalue weighted by atomic mass is 35.5. The first-order valence-corrected chi connectivity index (χ1v) is 11.5. The number of hydrogen-bond donors (Lipinski definition) is 0. The SMILES string of the molecule is CCCCCc1c(C(=NCC)C2=C(Cl)C=C(C)CC2C)cc2ccccc2c1C. The van der Waals surface area contributed by atoms with Gasteiger partial charge in [-0.05, 0) is 85.6 Å². The molecule has 1 aliphatic carbocycles. The summed E-state index contributed by atoms with van der Waals surface area (Å²) in [6.07, 6.45) is 7.97. The number of allylic oxidation sites excluding steroid dienone is 4. The Morgan fingerprint density at radius 1 is 1.14 bits per heavy atom. The minimum absolute atomic E-state index is 0.382. The van der Waals surface area contributed by atoms with E-state index in [0.29, 0.717) is 5.92 Å². The van der Waals surface area contributed by atoms with Crippen molar-refractivity contribution in [1.82, 2.24) is 0 Å². The van der Waals surface area contributed by atoms with Gasteiger partial charge in [-0.1, -0.05) is 68.1 Å². The molecule has 0 heterocycles. The number of rotatable bonds is 7. The number of aliphatic imine (C=N–C) groups is 1. The first-order chi connectivity index (χ1) is 14.0. The van der Waals surface area contributed by atoms with Crippen LogP contribution in [-0.2, 0) is 6.42 Å². The Morgan fingerprint density at radius 2 is 1.90 bits per heavy atom. The van der Waals surface area contributed by atoms with Crippen LogP contribution in [0.15, 0.2) is 57.6 Å². The molecule has 1 atom stereocenters. The van der Waals surface area contributed by atoms with E-state index in [1.807, 2.05) is 0 Å². The summed E-state index contributed by atoms with van der Waals surface area (Å²) in [6, 6.07) is 11.1. The predicted octanol–water partition coefficient (Wildman–Crippen LogP) is 8.17. The van der Waals surface area contributed by atoms with Crippen molar-refractivity contribution in [3.8, 4) is 0 Å². The first kappa shape index (κ1) is 21.8. The van der Waals surface area contributed by atoms with Gasteiger partial charge in [-0.25, -0.2) is 0 Å². The van der Waals surface area contributed by atoms with E-state index >= 15 is 0 Å². The van der Waals surface area contributed by atoms with E-state index in [1.54, 1.807) is 0 Å². The van der Waals surface area contributed by atoms with Crippen LogP contribution in [0.3, 0.4) is 0 Å². The molecule has 0 N–H and O–H groups in total. The molecule has 0 saturated heterocycles. The maximum Gasteiger partial charge on any atom is 0.0699 e. The van der Waals surface area contributed by atoms with Gasteiger partial charge < -0.3 is 0 Å².